The zero-order valence-corrected chi connectivity index (χ0v) is 16.0. The minimum atomic E-state index is 0.209. The summed E-state index contributed by atoms with van der Waals surface area (Å²) < 4.78 is 5.43. The van der Waals surface area contributed by atoms with Crippen LogP contribution in [0.3, 0.4) is 0 Å². The van der Waals surface area contributed by atoms with Crippen LogP contribution in [0.2, 0.25) is 0 Å². The molecule has 1 aromatic rings. The second kappa shape index (κ2) is 7.36. The van der Waals surface area contributed by atoms with Crippen molar-refractivity contribution in [2.45, 2.75) is 65.2 Å². The molecule has 1 saturated heterocycles. The second-order valence-electron chi connectivity index (χ2n) is 8.98. The van der Waals surface area contributed by atoms with Crippen molar-refractivity contribution < 1.29 is 4.74 Å². The Hall–Kier alpha value is -0.860. The van der Waals surface area contributed by atoms with Crippen molar-refractivity contribution in [3.8, 4) is 0 Å². The van der Waals surface area contributed by atoms with Crippen LogP contribution in [-0.4, -0.2) is 37.7 Å². The highest BCUT2D eigenvalue weighted by Crippen LogP contribution is 2.30. The van der Waals surface area contributed by atoms with Gasteiger partial charge in [0.15, 0.2) is 0 Å². The Morgan fingerprint density at radius 2 is 1.39 bits per heavy atom. The fourth-order valence-corrected chi connectivity index (χ4v) is 3.03. The summed E-state index contributed by atoms with van der Waals surface area (Å²) in [5.41, 5.74) is 4.84. The van der Waals surface area contributed by atoms with E-state index in [0.717, 1.165) is 26.3 Å². The lowest BCUT2D eigenvalue weighted by atomic mass is 9.79. The number of aryl methyl sites for hydroxylation is 1. The van der Waals surface area contributed by atoms with Gasteiger partial charge in [-0.15, -0.1) is 0 Å². The molecular weight excluding hydrogens is 282 g/mol. The van der Waals surface area contributed by atoms with Crippen LogP contribution in [0.25, 0.3) is 0 Å². The molecule has 2 nitrogen and oxygen atoms in total. The first-order chi connectivity index (χ1) is 10.7. The molecule has 0 unspecified atom stereocenters. The molecule has 2 rings (SSSR count). The molecule has 0 radical (unpaired) electrons. The summed E-state index contributed by atoms with van der Waals surface area (Å²) >= 11 is 0. The van der Waals surface area contributed by atoms with Crippen molar-refractivity contribution in [3.05, 3.63) is 34.9 Å². The van der Waals surface area contributed by atoms with Crippen molar-refractivity contribution in [1.29, 1.82) is 0 Å². The summed E-state index contributed by atoms with van der Waals surface area (Å²) in [5.74, 6) is 0. The van der Waals surface area contributed by atoms with Crippen molar-refractivity contribution >= 4 is 0 Å². The molecule has 0 amide bonds. The molecule has 23 heavy (non-hydrogen) atoms. The van der Waals surface area contributed by atoms with Gasteiger partial charge in [0.2, 0.25) is 0 Å². The third-order valence-corrected chi connectivity index (χ3v) is 4.77. The van der Waals surface area contributed by atoms with Gasteiger partial charge in [0.1, 0.15) is 0 Å². The molecule has 1 aliphatic heterocycles. The maximum atomic E-state index is 5.43. The van der Waals surface area contributed by atoms with Crippen LogP contribution in [0.4, 0.5) is 0 Å². The number of ether oxygens (including phenoxy) is 1. The molecule has 1 aliphatic rings. The first-order valence-electron chi connectivity index (χ1n) is 9.11. The third kappa shape index (κ3) is 5.61. The molecule has 2 heteroatoms. The van der Waals surface area contributed by atoms with E-state index in [2.05, 4.69) is 64.6 Å². The third-order valence-electron chi connectivity index (χ3n) is 4.77. The van der Waals surface area contributed by atoms with Crippen LogP contribution in [0.1, 0.15) is 64.7 Å². The van der Waals surface area contributed by atoms with E-state index in [4.69, 9.17) is 4.74 Å². The Morgan fingerprint density at radius 1 is 0.870 bits per heavy atom. The molecule has 0 atom stereocenters. The van der Waals surface area contributed by atoms with Crippen LogP contribution >= 0.6 is 0 Å². The summed E-state index contributed by atoms with van der Waals surface area (Å²) in [4.78, 5) is 2.53. The first kappa shape index (κ1) is 18.5. The van der Waals surface area contributed by atoms with Gasteiger partial charge in [-0.05, 0) is 46.9 Å². The van der Waals surface area contributed by atoms with Crippen molar-refractivity contribution in [1.82, 2.24) is 4.90 Å². The molecule has 1 heterocycles. The van der Waals surface area contributed by atoms with Gasteiger partial charge in [-0.3, -0.25) is 4.90 Å². The van der Waals surface area contributed by atoms with Gasteiger partial charge < -0.3 is 4.74 Å². The summed E-state index contributed by atoms with van der Waals surface area (Å²) in [6.07, 6.45) is 2.40. The molecule has 0 bridgehead atoms. The Kier molecular flexibility index (Phi) is 5.91. The smallest absolute Gasteiger partial charge is 0.0594 e. The molecule has 0 aliphatic carbocycles. The summed E-state index contributed by atoms with van der Waals surface area (Å²) in [7, 11) is 0. The van der Waals surface area contributed by atoms with Gasteiger partial charge in [0, 0.05) is 13.1 Å². The van der Waals surface area contributed by atoms with Crippen molar-refractivity contribution in [2.24, 2.45) is 0 Å². The minimum Gasteiger partial charge on any atom is -0.379 e. The average molecular weight is 318 g/mol. The van der Waals surface area contributed by atoms with Crippen LogP contribution < -0.4 is 0 Å². The largest absolute Gasteiger partial charge is 0.379 e. The lowest BCUT2D eigenvalue weighted by Gasteiger charge is -2.27. The maximum absolute atomic E-state index is 5.43. The van der Waals surface area contributed by atoms with Gasteiger partial charge in [0.05, 0.1) is 13.2 Å². The number of hydrogen-bond acceptors (Lipinski definition) is 2. The molecule has 1 fully saturated rings. The Bertz CT molecular complexity index is 469. The second-order valence-corrected chi connectivity index (χ2v) is 8.98. The zero-order valence-electron chi connectivity index (χ0n) is 16.0. The van der Waals surface area contributed by atoms with Crippen molar-refractivity contribution in [3.63, 3.8) is 0 Å². The quantitative estimate of drug-likeness (QED) is 0.808. The first-order valence-corrected chi connectivity index (χ1v) is 9.11. The standard InChI is InChI=1S/C21H35NO/c1-20(2,3)18-14-17(15-19(16-18)21(4,5)6)8-7-9-22-10-12-23-13-11-22/h14-16H,7-13H2,1-6H3. The highest BCUT2D eigenvalue weighted by Gasteiger charge is 2.20. The fraction of sp³-hybridized carbons (Fsp3) is 0.714. The van der Waals surface area contributed by atoms with Gasteiger partial charge in [-0.1, -0.05) is 59.7 Å². The van der Waals surface area contributed by atoms with Gasteiger partial charge in [-0.2, -0.15) is 0 Å². The number of nitrogens with zero attached hydrogens (tertiary/aromatic N) is 1. The van der Waals surface area contributed by atoms with Crippen molar-refractivity contribution in [2.75, 3.05) is 32.8 Å². The van der Waals surface area contributed by atoms with Crippen LogP contribution in [0, 0.1) is 0 Å². The molecule has 0 saturated carbocycles. The molecule has 130 valence electrons. The highest BCUT2D eigenvalue weighted by atomic mass is 16.5. The Balaban J connectivity index is 2.07. The van der Waals surface area contributed by atoms with E-state index < -0.39 is 0 Å². The number of benzene rings is 1. The highest BCUT2D eigenvalue weighted by molar-refractivity contribution is 5.37. The average Bonchev–Trinajstić information content (AvgIpc) is 2.46. The minimum absolute atomic E-state index is 0.209. The van der Waals surface area contributed by atoms with E-state index in [1.165, 1.54) is 36.1 Å². The summed E-state index contributed by atoms with van der Waals surface area (Å²) in [6.45, 7) is 19.0. The van der Waals surface area contributed by atoms with Gasteiger partial charge in [-0.25, -0.2) is 0 Å². The Labute approximate surface area is 143 Å². The summed E-state index contributed by atoms with van der Waals surface area (Å²) in [6, 6.07) is 7.26. The lowest BCUT2D eigenvalue weighted by Crippen LogP contribution is -2.36. The van der Waals surface area contributed by atoms with E-state index in [1.807, 2.05) is 0 Å². The Morgan fingerprint density at radius 3 is 1.87 bits per heavy atom. The molecule has 1 aromatic carbocycles. The van der Waals surface area contributed by atoms with E-state index in [0.29, 0.717) is 0 Å². The fourth-order valence-electron chi connectivity index (χ4n) is 3.03. The topological polar surface area (TPSA) is 12.5 Å². The molecular formula is C21H35NO. The summed E-state index contributed by atoms with van der Waals surface area (Å²) in [5, 5.41) is 0. The maximum Gasteiger partial charge on any atom is 0.0594 e. The van der Waals surface area contributed by atoms with Gasteiger partial charge in [0.25, 0.3) is 0 Å². The number of morpholine rings is 1. The monoisotopic (exact) mass is 317 g/mol. The van der Waals surface area contributed by atoms with E-state index in [-0.39, 0.29) is 10.8 Å². The SMILES string of the molecule is CC(C)(C)c1cc(CCCN2CCOCC2)cc(C(C)(C)C)c1. The van der Waals surface area contributed by atoms with E-state index >= 15 is 0 Å². The van der Waals surface area contributed by atoms with Crippen LogP contribution in [0.15, 0.2) is 18.2 Å². The number of hydrogen-bond donors (Lipinski definition) is 0. The molecule has 0 N–H and O–H groups in total. The molecule has 0 spiro atoms. The van der Waals surface area contributed by atoms with Gasteiger partial charge >= 0.3 is 0 Å². The van der Waals surface area contributed by atoms with E-state index in [9.17, 15) is 0 Å². The zero-order chi connectivity index (χ0) is 17.1. The van der Waals surface area contributed by atoms with E-state index in [1.54, 1.807) is 0 Å². The van der Waals surface area contributed by atoms with Crippen LogP contribution in [0.5, 0.6) is 0 Å². The number of rotatable bonds is 4. The normalized spacial score (nSPS) is 17.5. The predicted octanol–water partition coefficient (Wildman–Crippen LogP) is 4.55. The molecule has 0 aromatic heterocycles. The van der Waals surface area contributed by atoms with Crippen LogP contribution in [-0.2, 0) is 22.0 Å². The predicted molar refractivity (Wildman–Crippen MR) is 99.4 cm³/mol. The lowest BCUT2D eigenvalue weighted by molar-refractivity contribution is 0.0374.